The van der Waals surface area contributed by atoms with Crippen LogP contribution in [0.2, 0.25) is 0 Å². The monoisotopic (exact) mass is 369 g/mol. The van der Waals surface area contributed by atoms with Crippen LogP contribution in [0, 0.1) is 0 Å². The highest BCUT2D eigenvalue weighted by atomic mass is 16.5. The molecule has 2 amide bonds. The maximum Gasteiger partial charge on any atom is 0.251 e. The molecule has 27 heavy (non-hydrogen) atoms. The standard InChI is InChI=1S/C21H27N3O3/c1-4-22-21(26)17-6-5-7-18(12-17)23-14-20(25)24-13-16-8-10-19(11-9-16)27-15(2)3/h5-12,15,23H,4,13-14H2,1-3H3,(H,22,26)(H,24,25). The van der Waals surface area contributed by atoms with Crippen molar-refractivity contribution in [3.05, 3.63) is 59.7 Å². The molecule has 0 heterocycles. The summed E-state index contributed by atoms with van der Waals surface area (Å²) in [4.78, 5) is 23.9. The number of rotatable bonds is 9. The highest BCUT2D eigenvalue weighted by Gasteiger charge is 2.06. The van der Waals surface area contributed by atoms with Gasteiger partial charge in [0.15, 0.2) is 0 Å². The lowest BCUT2D eigenvalue weighted by molar-refractivity contribution is -0.119. The van der Waals surface area contributed by atoms with Crippen LogP contribution < -0.4 is 20.7 Å². The van der Waals surface area contributed by atoms with Crippen LogP contribution >= 0.6 is 0 Å². The molecule has 0 aliphatic rings. The average Bonchev–Trinajstić information content (AvgIpc) is 2.66. The second-order valence-electron chi connectivity index (χ2n) is 6.38. The Morgan fingerprint density at radius 3 is 2.44 bits per heavy atom. The van der Waals surface area contributed by atoms with Gasteiger partial charge in [-0.2, -0.15) is 0 Å². The zero-order valence-corrected chi connectivity index (χ0v) is 16.0. The molecule has 0 saturated carbocycles. The van der Waals surface area contributed by atoms with Gasteiger partial charge in [-0.3, -0.25) is 9.59 Å². The molecule has 0 saturated heterocycles. The van der Waals surface area contributed by atoms with Crippen molar-refractivity contribution in [2.75, 3.05) is 18.4 Å². The number of carbonyl (C=O) groups excluding carboxylic acids is 2. The molecule has 144 valence electrons. The van der Waals surface area contributed by atoms with Gasteiger partial charge < -0.3 is 20.7 Å². The summed E-state index contributed by atoms with van der Waals surface area (Å²) < 4.78 is 5.60. The number of anilines is 1. The van der Waals surface area contributed by atoms with Gasteiger partial charge in [-0.05, 0) is 56.7 Å². The lowest BCUT2D eigenvalue weighted by Gasteiger charge is -2.11. The number of benzene rings is 2. The molecule has 0 aliphatic heterocycles. The third-order valence-electron chi connectivity index (χ3n) is 3.70. The van der Waals surface area contributed by atoms with Crippen molar-refractivity contribution in [2.45, 2.75) is 33.4 Å². The summed E-state index contributed by atoms with van der Waals surface area (Å²) in [5.74, 6) is 0.560. The Balaban J connectivity index is 1.79. The van der Waals surface area contributed by atoms with Crippen LogP contribution in [0.25, 0.3) is 0 Å². The van der Waals surface area contributed by atoms with Crippen molar-refractivity contribution in [3.8, 4) is 5.75 Å². The maximum atomic E-state index is 12.0. The van der Waals surface area contributed by atoms with Crippen molar-refractivity contribution in [3.63, 3.8) is 0 Å². The minimum Gasteiger partial charge on any atom is -0.491 e. The molecule has 0 spiro atoms. The first kappa shape index (κ1) is 20.3. The summed E-state index contributed by atoms with van der Waals surface area (Å²) in [5.41, 5.74) is 2.28. The second-order valence-corrected chi connectivity index (χ2v) is 6.38. The van der Waals surface area contributed by atoms with Crippen molar-refractivity contribution in [1.82, 2.24) is 10.6 Å². The number of carbonyl (C=O) groups is 2. The Morgan fingerprint density at radius 1 is 1.04 bits per heavy atom. The predicted molar refractivity (Wildman–Crippen MR) is 107 cm³/mol. The van der Waals surface area contributed by atoms with E-state index in [1.165, 1.54) is 0 Å². The van der Waals surface area contributed by atoms with Gasteiger partial charge in [-0.25, -0.2) is 0 Å². The molecular weight excluding hydrogens is 342 g/mol. The number of amides is 2. The molecule has 0 atom stereocenters. The van der Waals surface area contributed by atoms with Gasteiger partial charge in [0.05, 0.1) is 12.6 Å². The van der Waals surface area contributed by atoms with Crippen LogP contribution in [-0.2, 0) is 11.3 Å². The molecule has 3 N–H and O–H groups in total. The van der Waals surface area contributed by atoms with Crippen molar-refractivity contribution in [1.29, 1.82) is 0 Å². The Bertz CT molecular complexity index is 758. The molecule has 0 fully saturated rings. The third-order valence-corrected chi connectivity index (χ3v) is 3.70. The molecule has 0 aromatic heterocycles. The van der Waals surface area contributed by atoms with Crippen LogP contribution in [0.4, 0.5) is 5.69 Å². The minimum absolute atomic E-state index is 0.124. The molecule has 2 rings (SSSR count). The quantitative estimate of drug-likeness (QED) is 0.635. The van der Waals surface area contributed by atoms with Gasteiger partial charge in [0.2, 0.25) is 5.91 Å². The van der Waals surface area contributed by atoms with E-state index < -0.39 is 0 Å². The number of hydrogen-bond acceptors (Lipinski definition) is 4. The predicted octanol–water partition coefficient (Wildman–Crippen LogP) is 2.95. The highest BCUT2D eigenvalue weighted by molar-refractivity contribution is 5.95. The third kappa shape index (κ3) is 7.01. The van der Waals surface area contributed by atoms with Crippen molar-refractivity contribution < 1.29 is 14.3 Å². The molecule has 0 unspecified atom stereocenters. The maximum absolute atomic E-state index is 12.0. The van der Waals surface area contributed by atoms with E-state index in [1.807, 2.05) is 51.1 Å². The molecule has 0 bridgehead atoms. The van der Waals surface area contributed by atoms with E-state index in [1.54, 1.807) is 18.2 Å². The minimum atomic E-state index is -0.129. The van der Waals surface area contributed by atoms with Crippen molar-refractivity contribution in [2.24, 2.45) is 0 Å². The molecule has 6 nitrogen and oxygen atoms in total. The molecule has 6 heteroatoms. The molecule has 2 aromatic carbocycles. The van der Waals surface area contributed by atoms with Crippen molar-refractivity contribution >= 4 is 17.5 Å². The van der Waals surface area contributed by atoms with E-state index >= 15 is 0 Å². The fourth-order valence-corrected chi connectivity index (χ4v) is 2.44. The smallest absolute Gasteiger partial charge is 0.251 e. The summed E-state index contributed by atoms with van der Waals surface area (Å²) in [7, 11) is 0. The molecule has 0 aliphatic carbocycles. The molecule has 2 aromatic rings. The fraction of sp³-hybridized carbons (Fsp3) is 0.333. The molecule has 0 radical (unpaired) electrons. The Labute approximate surface area is 160 Å². The number of nitrogens with one attached hydrogen (secondary N) is 3. The Hall–Kier alpha value is -3.02. The van der Waals surface area contributed by atoms with E-state index in [0.29, 0.717) is 18.7 Å². The zero-order valence-electron chi connectivity index (χ0n) is 16.0. The Kier molecular flexibility index (Phi) is 7.67. The second kappa shape index (κ2) is 10.2. The average molecular weight is 369 g/mol. The van der Waals surface area contributed by atoms with Crippen LogP contribution in [0.3, 0.4) is 0 Å². The van der Waals surface area contributed by atoms with Gasteiger partial charge in [0.1, 0.15) is 5.75 Å². The van der Waals surface area contributed by atoms with E-state index in [4.69, 9.17) is 4.74 Å². The van der Waals surface area contributed by atoms with Gasteiger partial charge in [-0.1, -0.05) is 18.2 Å². The summed E-state index contributed by atoms with van der Waals surface area (Å²) in [6, 6.07) is 14.7. The van der Waals surface area contributed by atoms with Crippen LogP contribution in [0.15, 0.2) is 48.5 Å². The van der Waals surface area contributed by atoms with Crippen LogP contribution in [0.5, 0.6) is 5.75 Å². The normalized spacial score (nSPS) is 10.4. The van der Waals surface area contributed by atoms with E-state index in [-0.39, 0.29) is 24.5 Å². The lowest BCUT2D eigenvalue weighted by atomic mass is 10.2. The summed E-state index contributed by atoms with van der Waals surface area (Å²) in [6.07, 6.45) is 0.133. The Morgan fingerprint density at radius 2 is 1.78 bits per heavy atom. The summed E-state index contributed by atoms with van der Waals surface area (Å²) in [5, 5.41) is 8.65. The first-order valence-electron chi connectivity index (χ1n) is 9.12. The van der Waals surface area contributed by atoms with Gasteiger partial charge in [0.25, 0.3) is 5.91 Å². The van der Waals surface area contributed by atoms with Gasteiger partial charge >= 0.3 is 0 Å². The summed E-state index contributed by atoms with van der Waals surface area (Å²) >= 11 is 0. The first-order valence-corrected chi connectivity index (χ1v) is 9.12. The first-order chi connectivity index (χ1) is 13.0. The van der Waals surface area contributed by atoms with E-state index in [2.05, 4.69) is 16.0 Å². The fourth-order valence-electron chi connectivity index (χ4n) is 2.44. The number of ether oxygens (including phenoxy) is 1. The van der Waals surface area contributed by atoms with E-state index in [0.717, 1.165) is 17.0 Å². The van der Waals surface area contributed by atoms with Gasteiger partial charge in [0, 0.05) is 24.3 Å². The largest absolute Gasteiger partial charge is 0.491 e. The number of hydrogen-bond donors (Lipinski definition) is 3. The topological polar surface area (TPSA) is 79.5 Å². The SMILES string of the molecule is CCNC(=O)c1cccc(NCC(=O)NCc2ccc(OC(C)C)cc2)c1. The lowest BCUT2D eigenvalue weighted by Crippen LogP contribution is -2.29. The zero-order chi connectivity index (χ0) is 19.6. The van der Waals surface area contributed by atoms with Crippen LogP contribution in [-0.4, -0.2) is 31.0 Å². The highest BCUT2D eigenvalue weighted by Crippen LogP contribution is 2.14. The van der Waals surface area contributed by atoms with Gasteiger partial charge in [-0.15, -0.1) is 0 Å². The van der Waals surface area contributed by atoms with Crippen LogP contribution in [0.1, 0.15) is 36.7 Å². The summed E-state index contributed by atoms with van der Waals surface area (Å²) in [6.45, 7) is 6.98. The molecular formula is C21H27N3O3. The van der Waals surface area contributed by atoms with E-state index in [9.17, 15) is 9.59 Å².